The highest BCUT2D eigenvalue weighted by atomic mass is 16.2. The van der Waals surface area contributed by atoms with Crippen LogP contribution in [0.15, 0.2) is 24.5 Å². The van der Waals surface area contributed by atoms with Crippen molar-refractivity contribution in [1.29, 1.82) is 0 Å². The third-order valence-corrected chi connectivity index (χ3v) is 8.42. The van der Waals surface area contributed by atoms with Gasteiger partial charge in [0.2, 0.25) is 11.8 Å². The van der Waals surface area contributed by atoms with E-state index in [1.54, 1.807) is 0 Å². The smallest absolute Gasteiger partial charge is 0.230 e. The second-order valence-electron chi connectivity index (χ2n) is 9.84. The molecule has 0 unspecified atom stereocenters. The highest BCUT2D eigenvalue weighted by molar-refractivity contribution is 5.87. The number of fused-ring (bicyclic) bond motifs is 1. The van der Waals surface area contributed by atoms with E-state index < -0.39 is 0 Å². The number of nitrogens with zero attached hydrogens (tertiary/aromatic N) is 4. The molecule has 170 valence electrons. The van der Waals surface area contributed by atoms with Gasteiger partial charge in [0.1, 0.15) is 0 Å². The molecule has 4 heterocycles. The van der Waals surface area contributed by atoms with Crippen molar-refractivity contribution >= 4 is 11.8 Å². The van der Waals surface area contributed by atoms with Crippen LogP contribution in [-0.2, 0) is 16.1 Å². The minimum atomic E-state index is -0.296. The van der Waals surface area contributed by atoms with E-state index in [-0.39, 0.29) is 16.7 Å². The highest BCUT2D eigenvalue weighted by Crippen LogP contribution is 2.58. The number of amides is 2. The third-order valence-electron chi connectivity index (χ3n) is 8.42. The van der Waals surface area contributed by atoms with Crippen LogP contribution in [0.1, 0.15) is 58.4 Å². The lowest BCUT2D eigenvalue weighted by Crippen LogP contribution is -2.54. The lowest BCUT2D eigenvalue weighted by molar-refractivity contribution is -0.145. The number of pyridine rings is 1. The Hall–Kier alpha value is -1.95. The van der Waals surface area contributed by atoms with Crippen molar-refractivity contribution in [3.8, 4) is 0 Å². The minimum Gasteiger partial charge on any atom is -0.342 e. The van der Waals surface area contributed by atoms with Gasteiger partial charge in [-0.2, -0.15) is 0 Å². The summed E-state index contributed by atoms with van der Waals surface area (Å²) in [5.74, 6) is 0.799. The van der Waals surface area contributed by atoms with Crippen LogP contribution in [0.4, 0.5) is 0 Å². The fraction of sp³-hybridized carbons (Fsp3) is 0.720. The van der Waals surface area contributed by atoms with Gasteiger partial charge in [-0.25, -0.2) is 0 Å². The molecular formula is C25H38N4O2. The maximum Gasteiger partial charge on any atom is 0.230 e. The Morgan fingerprint density at radius 2 is 1.84 bits per heavy atom. The van der Waals surface area contributed by atoms with Gasteiger partial charge < -0.3 is 9.80 Å². The predicted molar refractivity (Wildman–Crippen MR) is 121 cm³/mol. The van der Waals surface area contributed by atoms with Crippen LogP contribution >= 0.6 is 0 Å². The number of rotatable bonds is 6. The van der Waals surface area contributed by atoms with Gasteiger partial charge in [0.05, 0.1) is 5.41 Å². The van der Waals surface area contributed by atoms with Crippen LogP contribution in [0.3, 0.4) is 0 Å². The van der Waals surface area contributed by atoms with Crippen molar-refractivity contribution < 1.29 is 9.59 Å². The van der Waals surface area contributed by atoms with Gasteiger partial charge in [-0.05, 0) is 50.7 Å². The molecule has 0 bridgehead atoms. The number of likely N-dealkylation sites (tertiary alicyclic amines) is 3. The molecule has 6 nitrogen and oxygen atoms in total. The maximum absolute atomic E-state index is 13.7. The van der Waals surface area contributed by atoms with Crippen molar-refractivity contribution in [2.75, 3.05) is 39.3 Å². The molecule has 0 saturated carbocycles. The molecule has 1 atom stereocenters. The van der Waals surface area contributed by atoms with E-state index in [4.69, 9.17) is 0 Å². The average Bonchev–Trinajstić information content (AvgIpc) is 3.27. The summed E-state index contributed by atoms with van der Waals surface area (Å²) in [5, 5.41) is 0. The van der Waals surface area contributed by atoms with Gasteiger partial charge in [-0.15, -0.1) is 0 Å². The van der Waals surface area contributed by atoms with Gasteiger partial charge >= 0.3 is 0 Å². The molecule has 3 aliphatic rings. The van der Waals surface area contributed by atoms with E-state index in [9.17, 15) is 9.59 Å². The van der Waals surface area contributed by atoms with E-state index in [1.807, 2.05) is 18.5 Å². The Kier molecular flexibility index (Phi) is 6.38. The SMILES string of the molecule is CCC(CC)C(=O)N1CCC2(CC1)CN(Cc1cccnc1)C[C@@]21CCN(CC)C1=O. The van der Waals surface area contributed by atoms with Gasteiger partial charge in [0, 0.05) is 69.5 Å². The molecule has 31 heavy (non-hydrogen) atoms. The summed E-state index contributed by atoms with van der Waals surface area (Å²) < 4.78 is 0. The zero-order chi connectivity index (χ0) is 22.1. The number of hydrogen-bond donors (Lipinski definition) is 0. The molecule has 1 aromatic heterocycles. The number of hydrogen-bond acceptors (Lipinski definition) is 4. The van der Waals surface area contributed by atoms with Crippen molar-refractivity contribution in [3.63, 3.8) is 0 Å². The first-order valence-electron chi connectivity index (χ1n) is 12.2. The van der Waals surface area contributed by atoms with E-state index >= 15 is 0 Å². The molecule has 0 aromatic carbocycles. The molecule has 0 radical (unpaired) electrons. The van der Waals surface area contributed by atoms with Crippen LogP contribution in [0, 0.1) is 16.7 Å². The largest absolute Gasteiger partial charge is 0.342 e. The summed E-state index contributed by atoms with van der Waals surface area (Å²) in [5.41, 5.74) is 0.879. The summed E-state index contributed by atoms with van der Waals surface area (Å²) in [6.07, 6.45) is 8.38. The third kappa shape index (κ3) is 3.77. The quantitative estimate of drug-likeness (QED) is 0.701. The maximum atomic E-state index is 13.7. The van der Waals surface area contributed by atoms with Gasteiger partial charge in [-0.1, -0.05) is 19.9 Å². The standard InChI is InChI=1S/C25H38N4O2/c1-4-21(5-2)22(30)29-13-9-24(10-14-29)18-27(17-20-8-7-12-26-16-20)19-25(24)11-15-28(6-3)23(25)31/h7-8,12,16,21H,4-6,9-11,13-15,17-19H2,1-3H3/t25-/m1/s1. The first-order chi connectivity index (χ1) is 15.0. The molecule has 0 aliphatic carbocycles. The van der Waals surface area contributed by atoms with E-state index in [1.165, 1.54) is 5.56 Å². The van der Waals surface area contributed by atoms with Crippen molar-refractivity contribution in [2.45, 2.75) is 59.4 Å². The summed E-state index contributed by atoms with van der Waals surface area (Å²) >= 11 is 0. The molecule has 6 heteroatoms. The van der Waals surface area contributed by atoms with Gasteiger partial charge in [0.15, 0.2) is 0 Å². The van der Waals surface area contributed by atoms with Crippen LogP contribution < -0.4 is 0 Å². The van der Waals surface area contributed by atoms with Crippen LogP contribution in [-0.4, -0.2) is 70.8 Å². The molecule has 1 aromatic rings. The first-order valence-corrected chi connectivity index (χ1v) is 12.2. The average molecular weight is 427 g/mol. The summed E-state index contributed by atoms with van der Waals surface area (Å²) in [6.45, 7) is 12.2. The van der Waals surface area contributed by atoms with Crippen molar-refractivity contribution in [2.24, 2.45) is 16.7 Å². The van der Waals surface area contributed by atoms with Crippen molar-refractivity contribution in [1.82, 2.24) is 19.7 Å². The molecule has 2 amide bonds. The van der Waals surface area contributed by atoms with Crippen molar-refractivity contribution in [3.05, 3.63) is 30.1 Å². The second-order valence-corrected chi connectivity index (χ2v) is 9.84. The van der Waals surface area contributed by atoms with Gasteiger partial charge in [0.25, 0.3) is 0 Å². The molecule has 3 saturated heterocycles. The normalized spacial score (nSPS) is 26.0. The topological polar surface area (TPSA) is 56.8 Å². The first kappa shape index (κ1) is 22.3. The number of piperidine rings is 1. The zero-order valence-electron chi connectivity index (χ0n) is 19.5. The molecule has 2 spiro atoms. The summed E-state index contributed by atoms with van der Waals surface area (Å²) in [4.78, 5) is 37.5. The summed E-state index contributed by atoms with van der Waals surface area (Å²) in [6, 6.07) is 4.11. The van der Waals surface area contributed by atoms with Crippen LogP contribution in [0.25, 0.3) is 0 Å². The van der Waals surface area contributed by atoms with Crippen LogP contribution in [0.2, 0.25) is 0 Å². The second kappa shape index (κ2) is 8.89. The monoisotopic (exact) mass is 426 g/mol. The summed E-state index contributed by atoms with van der Waals surface area (Å²) in [7, 11) is 0. The number of carbonyl (C=O) groups is 2. The Morgan fingerprint density at radius 1 is 1.10 bits per heavy atom. The van der Waals surface area contributed by atoms with E-state index in [0.717, 1.165) is 77.9 Å². The Labute approximate surface area is 187 Å². The Balaban J connectivity index is 1.55. The lowest BCUT2D eigenvalue weighted by atomic mass is 9.60. The molecule has 0 N–H and O–H groups in total. The Bertz CT molecular complexity index is 786. The zero-order valence-corrected chi connectivity index (χ0v) is 19.5. The fourth-order valence-corrected chi connectivity index (χ4v) is 6.51. The lowest BCUT2D eigenvalue weighted by Gasteiger charge is -2.47. The predicted octanol–water partition coefficient (Wildman–Crippen LogP) is 3.18. The molecule has 4 rings (SSSR count). The highest BCUT2D eigenvalue weighted by Gasteiger charge is 2.64. The minimum absolute atomic E-state index is 0.0269. The fourth-order valence-electron chi connectivity index (χ4n) is 6.51. The van der Waals surface area contributed by atoms with E-state index in [0.29, 0.717) is 11.8 Å². The van der Waals surface area contributed by atoms with E-state index in [2.05, 4.69) is 46.5 Å². The number of aromatic nitrogens is 1. The molecule has 3 fully saturated rings. The van der Waals surface area contributed by atoms with Crippen LogP contribution in [0.5, 0.6) is 0 Å². The molecule has 3 aliphatic heterocycles. The number of carbonyl (C=O) groups excluding carboxylic acids is 2. The van der Waals surface area contributed by atoms with Gasteiger partial charge in [-0.3, -0.25) is 19.5 Å². The Morgan fingerprint density at radius 3 is 2.42 bits per heavy atom. The molecular weight excluding hydrogens is 388 g/mol.